The number of nitrogens with two attached hydrogens (primary N) is 1. The fourth-order valence-corrected chi connectivity index (χ4v) is 6.15. The number of carbonyl (C=O) groups is 2. The minimum Gasteiger partial charge on any atom is -0.383 e. The van der Waals surface area contributed by atoms with Crippen molar-refractivity contribution in [1.29, 1.82) is 0 Å². The summed E-state index contributed by atoms with van der Waals surface area (Å²) < 4.78 is 20.2. The molecule has 0 spiro atoms. The zero-order valence-electron chi connectivity index (χ0n) is 19.9. The van der Waals surface area contributed by atoms with Gasteiger partial charge >= 0.3 is 0 Å². The molecule has 1 aromatic carbocycles. The normalized spacial score (nSPS) is 26.7. The minimum atomic E-state index is -0.548. The Hall–Kier alpha value is -2.65. The third kappa shape index (κ3) is 4.51. The number of hydrogen-bond donors (Lipinski definition) is 3. The van der Waals surface area contributed by atoms with E-state index >= 15 is 0 Å². The number of fused-ring (bicyclic) bond motifs is 1. The lowest BCUT2D eigenvalue weighted by Gasteiger charge is -2.36. The van der Waals surface area contributed by atoms with Crippen molar-refractivity contribution in [3.8, 4) is 0 Å². The molecule has 2 aliphatic carbocycles. The third-order valence-corrected chi connectivity index (χ3v) is 8.25. The molecule has 1 aliphatic heterocycles. The maximum atomic E-state index is 13.5. The molecule has 8 nitrogen and oxygen atoms in total. The van der Waals surface area contributed by atoms with Crippen molar-refractivity contribution in [2.45, 2.75) is 38.5 Å². The summed E-state index contributed by atoms with van der Waals surface area (Å²) in [7, 11) is 1.73. The Morgan fingerprint density at radius 2 is 1.94 bits per heavy atom. The van der Waals surface area contributed by atoms with Crippen LogP contribution in [0.25, 0.3) is 0 Å². The van der Waals surface area contributed by atoms with Gasteiger partial charge in [0.15, 0.2) is 0 Å². The molecule has 0 radical (unpaired) electrons. The topological polar surface area (TPSA) is 111 Å². The van der Waals surface area contributed by atoms with E-state index in [2.05, 4.69) is 15.7 Å². The highest BCUT2D eigenvalue weighted by molar-refractivity contribution is 6.31. The lowest BCUT2D eigenvalue weighted by Crippen LogP contribution is -2.52. The van der Waals surface area contributed by atoms with E-state index in [4.69, 9.17) is 22.1 Å². The van der Waals surface area contributed by atoms with E-state index < -0.39 is 5.82 Å². The second-order valence-electron chi connectivity index (χ2n) is 10.6. The Balaban J connectivity index is 1.23. The monoisotopic (exact) mass is 503 g/mol. The first-order valence-corrected chi connectivity index (χ1v) is 12.5. The van der Waals surface area contributed by atoms with Crippen LogP contribution in [-0.2, 0) is 16.6 Å². The highest BCUT2D eigenvalue weighted by Gasteiger charge is 2.45. The Morgan fingerprint density at radius 3 is 2.54 bits per heavy atom. The van der Waals surface area contributed by atoms with Gasteiger partial charge in [-0.1, -0.05) is 11.6 Å². The van der Waals surface area contributed by atoms with Gasteiger partial charge in [0.2, 0.25) is 5.91 Å². The van der Waals surface area contributed by atoms with Crippen LogP contribution in [0.2, 0.25) is 5.02 Å². The molecule has 2 amide bonds. The quantitative estimate of drug-likeness (QED) is 0.556. The molecular formula is C25H31ClFN5O3. The van der Waals surface area contributed by atoms with Crippen molar-refractivity contribution >= 4 is 34.9 Å². The fourth-order valence-electron chi connectivity index (χ4n) is 5.97. The van der Waals surface area contributed by atoms with Crippen LogP contribution in [0, 0.1) is 29.0 Å². The van der Waals surface area contributed by atoms with Crippen molar-refractivity contribution in [1.82, 2.24) is 15.1 Å². The number of amides is 2. The van der Waals surface area contributed by atoms with Gasteiger partial charge in [0.25, 0.3) is 5.91 Å². The van der Waals surface area contributed by atoms with E-state index in [1.54, 1.807) is 11.7 Å². The van der Waals surface area contributed by atoms with Crippen LogP contribution in [0.3, 0.4) is 0 Å². The van der Waals surface area contributed by atoms with Crippen LogP contribution in [0.15, 0.2) is 18.2 Å². The second kappa shape index (κ2) is 9.09. The number of aryl methyl sites for hydroxylation is 1. The Kier molecular flexibility index (Phi) is 6.25. The molecule has 1 aromatic heterocycles. The van der Waals surface area contributed by atoms with E-state index in [1.165, 1.54) is 18.2 Å². The molecule has 5 rings (SSSR count). The van der Waals surface area contributed by atoms with E-state index in [0.29, 0.717) is 60.3 Å². The molecule has 188 valence electrons. The van der Waals surface area contributed by atoms with Gasteiger partial charge in [0, 0.05) is 25.2 Å². The van der Waals surface area contributed by atoms with Gasteiger partial charge in [-0.2, -0.15) is 5.10 Å². The van der Waals surface area contributed by atoms with Gasteiger partial charge in [-0.15, -0.1) is 0 Å². The lowest BCUT2D eigenvalue weighted by atomic mass is 9.87. The number of halogens is 2. The summed E-state index contributed by atoms with van der Waals surface area (Å²) in [6, 6.07) is 4.05. The summed E-state index contributed by atoms with van der Waals surface area (Å²) in [6.45, 7) is 3.63. The molecule has 2 saturated carbocycles. The number of carbonyl (C=O) groups excluding carboxylic acids is 2. The Bertz CT molecular complexity index is 1150. The smallest absolute Gasteiger partial charge is 0.261 e. The Labute approximate surface area is 208 Å². The fraction of sp³-hybridized carbons (Fsp3) is 0.560. The molecule has 2 unspecified atom stereocenters. The molecule has 0 bridgehead atoms. The number of nitrogens with zero attached hydrogens (tertiary/aromatic N) is 2. The van der Waals surface area contributed by atoms with Crippen LogP contribution in [-0.4, -0.2) is 41.4 Å². The summed E-state index contributed by atoms with van der Waals surface area (Å²) in [4.78, 5) is 25.6. The zero-order chi connectivity index (χ0) is 24.9. The number of aromatic nitrogens is 2. The number of nitrogen functional groups attached to an aromatic ring is 1. The first kappa shape index (κ1) is 24.1. The molecule has 2 aromatic rings. The largest absolute Gasteiger partial charge is 0.383 e. The van der Waals surface area contributed by atoms with Crippen LogP contribution in [0.5, 0.6) is 0 Å². The summed E-state index contributed by atoms with van der Waals surface area (Å²) in [5, 5.41) is 10.5. The molecule has 2 atom stereocenters. The summed E-state index contributed by atoms with van der Waals surface area (Å²) in [5.41, 5.74) is 7.34. The second-order valence-corrected chi connectivity index (χ2v) is 11.0. The SMILES string of the molecule is Cn1nc(C2CC3CC(CNC(=O)C4(C)COC4)CC3C2)c(C(=O)Nc2ccc(F)c(Cl)c2)c1N. The highest BCUT2D eigenvalue weighted by Crippen LogP contribution is 2.53. The van der Waals surface area contributed by atoms with Gasteiger partial charge < -0.3 is 21.1 Å². The molecular weight excluding hydrogens is 473 g/mol. The van der Waals surface area contributed by atoms with Gasteiger partial charge in [-0.05, 0) is 68.6 Å². The molecule has 3 aliphatic rings. The first-order chi connectivity index (χ1) is 16.6. The first-order valence-electron chi connectivity index (χ1n) is 12.1. The van der Waals surface area contributed by atoms with Crippen LogP contribution in [0.1, 0.15) is 54.6 Å². The van der Waals surface area contributed by atoms with Crippen LogP contribution in [0.4, 0.5) is 15.9 Å². The predicted octanol–water partition coefficient (Wildman–Crippen LogP) is 3.72. The number of benzene rings is 1. The number of ether oxygens (including phenoxy) is 1. The maximum Gasteiger partial charge on any atom is 0.261 e. The molecule has 2 heterocycles. The minimum absolute atomic E-state index is 0.0633. The Morgan fingerprint density at radius 1 is 1.26 bits per heavy atom. The maximum absolute atomic E-state index is 13.5. The van der Waals surface area contributed by atoms with E-state index in [0.717, 1.165) is 25.7 Å². The molecule has 10 heteroatoms. The number of hydrogen-bond acceptors (Lipinski definition) is 5. The van der Waals surface area contributed by atoms with Gasteiger partial charge in [-0.25, -0.2) is 4.39 Å². The summed E-state index contributed by atoms with van der Waals surface area (Å²) in [6.07, 6.45) is 4.01. The third-order valence-electron chi connectivity index (χ3n) is 7.96. The van der Waals surface area contributed by atoms with Gasteiger partial charge in [-0.3, -0.25) is 14.3 Å². The highest BCUT2D eigenvalue weighted by atomic mass is 35.5. The van der Waals surface area contributed by atoms with Crippen molar-refractivity contribution in [2.24, 2.45) is 30.2 Å². The average molecular weight is 504 g/mol. The molecule has 3 fully saturated rings. The van der Waals surface area contributed by atoms with E-state index in [1.807, 2.05) is 6.92 Å². The number of rotatable bonds is 6. The molecule has 1 saturated heterocycles. The van der Waals surface area contributed by atoms with E-state index in [9.17, 15) is 14.0 Å². The van der Waals surface area contributed by atoms with Crippen LogP contribution < -0.4 is 16.4 Å². The van der Waals surface area contributed by atoms with Crippen molar-refractivity contribution in [3.05, 3.63) is 40.3 Å². The molecule has 35 heavy (non-hydrogen) atoms. The van der Waals surface area contributed by atoms with Crippen molar-refractivity contribution < 1.29 is 18.7 Å². The summed E-state index contributed by atoms with van der Waals surface area (Å²) in [5.74, 6) is 1.16. The van der Waals surface area contributed by atoms with Crippen LogP contribution >= 0.6 is 11.6 Å². The number of anilines is 2. The zero-order valence-corrected chi connectivity index (χ0v) is 20.7. The number of nitrogens with one attached hydrogen (secondary N) is 2. The lowest BCUT2D eigenvalue weighted by molar-refractivity contribution is -0.157. The molecule has 4 N–H and O–H groups in total. The average Bonchev–Trinajstić information content (AvgIpc) is 3.44. The predicted molar refractivity (Wildman–Crippen MR) is 131 cm³/mol. The standard InChI is InChI=1S/C25H31ClFN5O3/c1-25(11-35-12-25)24(34)29-10-13-5-14-7-16(8-15(14)6-13)21-20(22(28)32(2)31-21)23(33)30-17-3-4-19(27)18(26)9-17/h3-4,9,13-16H,5-8,10-12,28H2,1-2H3,(H,29,34)(H,30,33). The van der Waals surface area contributed by atoms with Crippen molar-refractivity contribution in [2.75, 3.05) is 30.8 Å². The van der Waals surface area contributed by atoms with Crippen molar-refractivity contribution in [3.63, 3.8) is 0 Å². The van der Waals surface area contributed by atoms with Gasteiger partial charge in [0.05, 0.1) is 29.3 Å². The van der Waals surface area contributed by atoms with E-state index in [-0.39, 0.29) is 28.2 Å². The summed E-state index contributed by atoms with van der Waals surface area (Å²) >= 11 is 5.86. The van der Waals surface area contributed by atoms with Gasteiger partial charge in [0.1, 0.15) is 17.2 Å².